The number of aromatic nitrogens is 3. The normalized spacial score (nSPS) is 19.9. The number of piperidine rings is 1. The maximum absolute atomic E-state index is 12.0. The molecule has 1 aliphatic heterocycles. The van der Waals surface area contributed by atoms with Crippen LogP contribution >= 0.6 is 24.8 Å². The average Bonchev–Trinajstić information content (AvgIpc) is 3.03. The Morgan fingerprint density at radius 1 is 1.40 bits per heavy atom. The van der Waals surface area contributed by atoms with E-state index in [-0.39, 0.29) is 42.6 Å². The topological polar surface area (TPSA) is 97.1 Å². The number of H-pyrrole nitrogens is 1. The molecule has 0 aromatic carbocycles. The number of esters is 1. The Hall–Kier alpha value is -1.57. The molecule has 0 bridgehead atoms. The number of carbonyl (C=O) groups is 1. The SMILES string of the molecule is CCc1c[nH]c2ncnc(N3CC(CN)CC(C(=O)OC)C3)c12.Cl.Cl. The van der Waals surface area contributed by atoms with Gasteiger partial charge in [-0.1, -0.05) is 6.92 Å². The molecule has 25 heavy (non-hydrogen) atoms. The molecule has 0 radical (unpaired) electrons. The molecule has 2 aromatic rings. The highest BCUT2D eigenvalue weighted by molar-refractivity contribution is 5.91. The van der Waals surface area contributed by atoms with E-state index >= 15 is 0 Å². The first-order chi connectivity index (χ1) is 11.2. The predicted octanol–water partition coefficient (Wildman–Crippen LogP) is 1.94. The summed E-state index contributed by atoms with van der Waals surface area (Å²) in [6.07, 6.45) is 5.20. The quantitative estimate of drug-likeness (QED) is 0.775. The predicted molar refractivity (Wildman–Crippen MR) is 103 cm³/mol. The van der Waals surface area contributed by atoms with E-state index in [2.05, 4.69) is 26.8 Å². The Morgan fingerprint density at radius 3 is 2.80 bits per heavy atom. The highest BCUT2D eigenvalue weighted by Gasteiger charge is 2.33. The summed E-state index contributed by atoms with van der Waals surface area (Å²) < 4.78 is 4.94. The van der Waals surface area contributed by atoms with Gasteiger partial charge in [0.25, 0.3) is 0 Å². The maximum Gasteiger partial charge on any atom is 0.310 e. The minimum atomic E-state index is -0.178. The van der Waals surface area contributed by atoms with Crippen molar-refractivity contribution in [3.63, 3.8) is 0 Å². The smallest absolute Gasteiger partial charge is 0.310 e. The Bertz CT molecular complexity index is 709. The Kier molecular flexibility index (Phi) is 7.92. The molecule has 0 spiro atoms. The zero-order valence-corrected chi connectivity index (χ0v) is 16.0. The summed E-state index contributed by atoms with van der Waals surface area (Å²) in [4.78, 5) is 26.2. The molecule has 0 amide bonds. The minimum Gasteiger partial charge on any atom is -0.469 e. The fourth-order valence-electron chi connectivity index (χ4n) is 3.41. The van der Waals surface area contributed by atoms with Crippen LogP contribution in [0.3, 0.4) is 0 Å². The number of nitrogens with one attached hydrogen (secondary N) is 1. The summed E-state index contributed by atoms with van der Waals surface area (Å²) in [6.45, 7) is 4.05. The van der Waals surface area contributed by atoms with E-state index in [0.717, 1.165) is 36.2 Å². The monoisotopic (exact) mass is 389 g/mol. The second kappa shape index (κ2) is 9.22. The lowest BCUT2D eigenvalue weighted by atomic mass is 9.89. The van der Waals surface area contributed by atoms with Crippen molar-refractivity contribution in [2.75, 3.05) is 31.6 Å². The summed E-state index contributed by atoms with van der Waals surface area (Å²) in [5, 5.41) is 1.04. The Morgan fingerprint density at radius 2 is 2.16 bits per heavy atom. The van der Waals surface area contributed by atoms with Gasteiger partial charge in [0.1, 0.15) is 17.8 Å². The van der Waals surface area contributed by atoms with E-state index in [1.807, 2.05) is 6.20 Å². The first-order valence-electron chi connectivity index (χ1n) is 8.01. The molecular formula is C16H25Cl2N5O2. The molecule has 7 nitrogen and oxygen atoms in total. The maximum atomic E-state index is 12.0. The van der Waals surface area contributed by atoms with Crippen molar-refractivity contribution >= 4 is 47.6 Å². The van der Waals surface area contributed by atoms with Crippen LogP contribution in [-0.4, -0.2) is 47.7 Å². The first-order valence-corrected chi connectivity index (χ1v) is 8.01. The van der Waals surface area contributed by atoms with Crippen LogP contribution in [0, 0.1) is 11.8 Å². The molecule has 140 valence electrons. The van der Waals surface area contributed by atoms with Crippen molar-refractivity contribution in [1.82, 2.24) is 15.0 Å². The number of methoxy groups -OCH3 is 1. The molecule has 2 unspecified atom stereocenters. The van der Waals surface area contributed by atoms with Crippen molar-refractivity contribution in [1.29, 1.82) is 0 Å². The van der Waals surface area contributed by atoms with Gasteiger partial charge in [-0.2, -0.15) is 0 Å². The van der Waals surface area contributed by atoms with E-state index in [1.165, 1.54) is 12.7 Å². The molecule has 3 rings (SSSR count). The number of nitrogens with two attached hydrogens (primary N) is 1. The van der Waals surface area contributed by atoms with Gasteiger partial charge in [0.15, 0.2) is 0 Å². The average molecular weight is 390 g/mol. The van der Waals surface area contributed by atoms with Gasteiger partial charge >= 0.3 is 5.97 Å². The number of aromatic amines is 1. The van der Waals surface area contributed by atoms with Crippen LogP contribution in [0.15, 0.2) is 12.5 Å². The lowest BCUT2D eigenvalue weighted by Crippen LogP contribution is -2.46. The van der Waals surface area contributed by atoms with E-state index in [9.17, 15) is 4.79 Å². The van der Waals surface area contributed by atoms with Crippen LogP contribution in [0.1, 0.15) is 18.9 Å². The lowest BCUT2D eigenvalue weighted by Gasteiger charge is -2.37. The fraction of sp³-hybridized carbons (Fsp3) is 0.562. The number of nitrogens with zero attached hydrogens (tertiary/aromatic N) is 3. The van der Waals surface area contributed by atoms with Crippen molar-refractivity contribution in [2.24, 2.45) is 17.6 Å². The lowest BCUT2D eigenvalue weighted by molar-refractivity contribution is -0.146. The van der Waals surface area contributed by atoms with Crippen LogP contribution in [0.5, 0.6) is 0 Å². The van der Waals surface area contributed by atoms with Gasteiger partial charge in [0, 0.05) is 19.3 Å². The highest BCUT2D eigenvalue weighted by Crippen LogP contribution is 2.31. The second-order valence-corrected chi connectivity index (χ2v) is 6.05. The van der Waals surface area contributed by atoms with E-state index in [0.29, 0.717) is 13.1 Å². The van der Waals surface area contributed by atoms with Crippen molar-refractivity contribution in [2.45, 2.75) is 19.8 Å². The van der Waals surface area contributed by atoms with Gasteiger partial charge in [-0.25, -0.2) is 9.97 Å². The first kappa shape index (κ1) is 21.5. The highest BCUT2D eigenvalue weighted by atomic mass is 35.5. The van der Waals surface area contributed by atoms with Crippen LogP contribution < -0.4 is 10.6 Å². The number of hydrogen-bond donors (Lipinski definition) is 2. The molecule has 3 heterocycles. The summed E-state index contributed by atoms with van der Waals surface area (Å²) in [7, 11) is 1.43. The summed E-state index contributed by atoms with van der Waals surface area (Å²) in [6, 6.07) is 0. The number of rotatable bonds is 4. The molecule has 9 heteroatoms. The molecule has 3 N–H and O–H groups in total. The van der Waals surface area contributed by atoms with Gasteiger partial charge < -0.3 is 20.4 Å². The zero-order valence-electron chi connectivity index (χ0n) is 14.4. The second-order valence-electron chi connectivity index (χ2n) is 6.05. The van der Waals surface area contributed by atoms with E-state index in [4.69, 9.17) is 10.5 Å². The molecule has 1 fully saturated rings. The third kappa shape index (κ3) is 4.16. The largest absolute Gasteiger partial charge is 0.469 e. The van der Waals surface area contributed by atoms with Crippen LogP contribution in [-0.2, 0) is 16.0 Å². The molecule has 0 saturated carbocycles. The zero-order chi connectivity index (χ0) is 16.4. The number of fused-ring (bicyclic) bond motifs is 1. The number of ether oxygens (including phenoxy) is 1. The number of aryl methyl sites for hydroxylation is 1. The molecular weight excluding hydrogens is 365 g/mol. The van der Waals surface area contributed by atoms with Gasteiger partial charge in [-0.3, -0.25) is 4.79 Å². The van der Waals surface area contributed by atoms with Crippen molar-refractivity contribution < 1.29 is 9.53 Å². The third-order valence-electron chi connectivity index (χ3n) is 4.62. The third-order valence-corrected chi connectivity index (χ3v) is 4.62. The van der Waals surface area contributed by atoms with E-state index < -0.39 is 0 Å². The molecule has 1 saturated heterocycles. The Labute approximate surface area is 159 Å². The minimum absolute atomic E-state index is 0. The van der Waals surface area contributed by atoms with Gasteiger partial charge in [-0.15, -0.1) is 24.8 Å². The van der Waals surface area contributed by atoms with Crippen molar-refractivity contribution in [3.8, 4) is 0 Å². The van der Waals surface area contributed by atoms with Crippen LogP contribution in [0.2, 0.25) is 0 Å². The summed E-state index contributed by atoms with van der Waals surface area (Å²) in [5.41, 5.74) is 7.89. The number of halogens is 2. The van der Waals surface area contributed by atoms with Crippen LogP contribution in [0.25, 0.3) is 11.0 Å². The molecule has 2 atom stereocenters. The van der Waals surface area contributed by atoms with Gasteiger partial charge in [0.05, 0.1) is 18.4 Å². The number of carbonyl (C=O) groups excluding carboxylic acids is 1. The molecule has 1 aliphatic rings. The molecule has 2 aromatic heterocycles. The summed E-state index contributed by atoms with van der Waals surface area (Å²) >= 11 is 0. The van der Waals surface area contributed by atoms with E-state index in [1.54, 1.807) is 6.33 Å². The molecule has 0 aliphatic carbocycles. The number of hydrogen-bond acceptors (Lipinski definition) is 6. The number of anilines is 1. The van der Waals surface area contributed by atoms with Gasteiger partial charge in [0.2, 0.25) is 0 Å². The van der Waals surface area contributed by atoms with Gasteiger partial charge in [-0.05, 0) is 30.9 Å². The summed E-state index contributed by atoms with van der Waals surface area (Å²) in [5.74, 6) is 0.779. The van der Waals surface area contributed by atoms with Crippen LogP contribution in [0.4, 0.5) is 5.82 Å². The van der Waals surface area contributed by atoms with Crippen molar-refractivity contribution in [3.05, 3.63) is 18.1 Å². The fourth-order valence-corrected chi connectivity index (χ4v) is 3.41. The standard InChI is InChI=1S/C16H23N5O2.2ClH/c1-3-11-6-18-14-13(11)15(20-9-19-14)21-7-10(5-17)4-12(8-21)16(22)23-2;;/h6,9-10,12H,3-5,7-8,17H2,1-2H3,(H,18,19,20);2*1H. The Balaban J connectivity index is 0.00000156.